The largest absolute Gasteiger partial charge is 0.385 e. The number of benzene rings is 1. The predicted molar refractivity (Wildman–Crippen MR) is 57.2 cm³/mol. The van der Waals surface area contributed by atoms with Crippen molar-refractivity contribution in [2.45, 2.75) is 24.9 Å². The first-order valence-electron chi connectivity index (χ1n) is 5.31. The lowest BCUT2D eigenvalue weighted by atomic mass is 9.92. The molecule has 2 nitrogen and oxygen atoms in total. The molecule has 0 saturated carbocycles. The molecule has 1 aliphatic carbocycles. The summed E-state index contributed by atoms with van der Waals surface area (Å²) >= 11 is 0. The summed E-state index contributed by atoms with van der Waals surface area (Å²) in [6.07, 6.45) is 2.18. The van der Waals surface area contributed by atoms with E-state index in [1.165, 1.54) is 12.1 Å². The minimum Gasteiger partial charge on any atom is -0.385 e. The van der Waals surface area contributed by atoms with Gasteiger partial charge in [-0.25, -0.2) is 4.39 Å². The maximum absolute atomic E-state index is 13.1. The lowest BCUT2D eigenvalue weighted by molar-refractivity contribution is 0.0300. The van der Waals surface area contributed by atoms with Crippen molar-refractivity contribution in [3.05, 3.63) is 35.1 Å². The van der Waals surface area contributed by atoms with Crippen LogP contribution in [0.5, 0.6) is 0 Å². The van der Waals surface area contributed by atoms with Crippen molar-refractivity contribution in [2.75, 3.05) is 13.6 Å². The third kappa shape index (κ3) is 1.90. The first-order chi connectivity index (χ1) is 7.15. The van der Waals surface area contributed by atoms with Gasteiger partial charge in [0.1, 0.15) is 5.82 Å². The number of halogens is 1. The van der Waals surface area contributed by atoms with Crippen LogP contribution in [0.25, 0.3) is 0 Å². The molecule has 1 aliphatic rings. The van der Waals surface area contributed by atoms with Crippen molar-refractivity contribution in [3.63, 3.8) is 0 Å². The molecule has 0 spiro atoms. The van der Waals surface area contributed by atoms with Crippen molar-refractivity contribution in [1.82, 2.24) is 5.32 Å². The average Bonchev–Trinajstić information content (AvgIpc) is 2.55. The second kappa shape index (κ2) is 3.91. The van der Waals surface area contributed by atoms with Crippen LogP contribution in [0.4, 0.5) is 4.39 Å². The molecular formula is C12H16FNO. The van der Waals surface area contributed by atoms with E-state index in [1.807, 2.05) is 7.05 Å². The second-order valence-corrected chi connectivity index (χ2v) is 4.19. The zero-order valence-corrected chi connectivity index (χ0v) is 8.89. The molecule has 3 heteroatoms. The Balaban J connectivity index is 2.29. The van der Waals surface area contributed by atoms with E-state index < -0.39 is 5.60 Å². The van der Waals surface area contributed by atoms with Crippen LogP contribution in [0, 0.1) is 5.82 Å². The van der Waals surface area contributed by atoms with E-state index in [1.54, 1.807) is 6.07 Å². The molecule has 0 radical (unpaired) electrons. The maximum atomic E-state index is 13.1. The van der Waals surface area contributed by atoms with Crippen molar-refractivity contribution in [1.29, 1.82) is 0 Å². The molecule has 2 N–H and O–H groups in total. The third-order valence-corrected chi connectivity index (χ3v) is 3.17. The summed E-state index contributed by atoms with van der Waals surface area (Å²) in [4.78, 5) is 0. The van der Waals surface area contributed by atoms with Crippen LogP contribution in [-0.4, -0.2) is 18.7 Å². The maximum Gasteiger partial charge on any atom is 0.123 e. The molecule has 0 aliphatic heterocycles. The topological polar surface area (TPSA) is 32.3 Å². The highest BCUT2D eigenvalue weighted by Crippen LogP contribution is 2.39. The van der Waals surface area contributed by atoms with E-state index in [0.717, 1.165) is 24.1 Å². The number of nitrogens with one attached hydrogen (secondary N) is 1. The fourth-order valence-corrected chi connectivity index (χ4v) is 2.27. The number of aryl methyl sites for hydroxylation is 1. The number of hydrogen-bond acceptors (Lipinski definition) is 2. The Morgan fingerprint density at radius 3 is 3.07 bits per heavy atom. The van der Waals surface area contributed by atoms with E-state index in [-0.39, 0.29) is 5.82 Å². The molecule has 0 heterocycles. The molecule has 1 aromatic rings. The summed E-state index contributed by atoms with van der Waals surface area (Å²) in [7, 11) is 1.85. The van der Waals surface area contributed by atoms with Gasteiger partial charge in [0.15, 0.2) is 0 Å². The Hall–Kier alpha value is -0.930. The highest BCUT2D eigenvalue weighted by Gasteiger charge is 2.36. The van der Waals surface area contributed by atoms with Crippen LogP contribution >= 0.6 is 0 Å². The van der Waals surface area contributed by atoms with Gasteiger partial charge in [0, 0.05) is 0 Å². The normalized spacial score (nSPS) is 24.2. The molecule has 1 aromatic carbocycles. The number of rotatable bonds is 3. The van der Waals surface area contributed by atoms with Gasteiger partial charge < -0.3 is 10.4 Å². The fourth-order valence-electron chi connectivity index (χ4n) is 2.27. The quantitative estimate of drug-likeness (QED) is 0.792. The zero-order chi connectivity index (χ0) is 10.9. The molecule has 2 rings (SSSR count). The molecule has 1 unspecified atom stereocenters. The van der Waals surface area contributed by atoms with Crippen LogP contribution in [0.3, 0.4) is 0 Å². The monoisotopic (exact) mass is 209 g/mol. The first kappa shape index (κ1) is 10.6. The first-order valence-corrected chi connectivity index (χ1v) is 5.31. The minimum atomic E-state index is -0.833. The van der Waals surface area contributed by atoms with Crippen LogP contribution in [-0.2, 0) is 12.0 Å². The van der Waals surface area contributed by atoms with Gasteiger partial charge in [0.2, 0.25) is 0 Å². The molecule has 0 saturated heterocycles. The summed E-state index contributed by atoms with van der Waals surface area (Å²) in [6, 6.07) is 4.71. The van der Waals surface area contributed by atoms with E-state index in [4.69, 9.17) is 0 Å². The van der Waals surface area contributed by atoms with Crippen molar-refractivity contribution in [2.24, 2.45) is 0 Å². The Morgan fingerprint density at radius 2 is 2.33 bits per heavy atom. The van der Waals surface area contributed by atoms with Gasteiger partial charge >= 0.3 is 0 Å². The van der Waals surface area contributed by atoms with E-state index in [2.05, 4.69) is 5.32 Å². The highest BCUT2D eigenvalue weighted by molar-refractivity contribution is 5.37. The fraction of sp³-hybridized carbons (Fsp3) is 0.500. The van der Waals surface area contributed by atoms with Gasteiger partial charge in [-0.05, 0) is 56.1 Å². The molecule has 82 valence electrons. The van der Waals surface area contributed by atoms with Gasteiger partial charge in [0.05, 0.1) is 5.60 Å². The summed E-state index contributed by atoms with van der Waals surface area (Å²) in [5.74, 6) is -0.265. The van der Waals surface area contributed by atoms with E-state index in [9.17, 15) is 9.50 Å². The average molecular weight is 209 g/mol. The molecule has 0 fully saturated rings. The molecule has 0 aromatic heterocycles. The molecule has 15 heavy (non-hydrogen) atoms. The Morgan fingerprint density at radius 1 is 1.53 bits per heavy atom. The lowest BCUT2D eigenvalue weighted by Gasteiger charge is -2.23. The SMILES string of the molecule is CNCCC1(O)CCc2ccc(F)cc21. The Kier molecular flexibility index (Phi) is 2.76. The summed E-state index contributed by atoms with van der Waals surface area (Å²) in [5.41, 5.74) is 1.02. The van der Waals surface area contributed by atoms with Crippen molar-refractivity contribution < 1.29 is 9.50 Å². The van der Waals surface area contributed by atoms with Gasteiger partial charge in [-0.15, -0.1) is 0 Å². The van der Waals surface area contributed by atoms with Crippen molar-refractivity contribution in [3.8, 4) is 0 Å². The van der Waals surface area contributed by atoms with Gasteiger partial charge in [-0.2, -0.15) is 0 Å². The van der Waals surface area contributed by atoms with Crippen molar-refractivity contribution >= 4 is 0 Å². The molecule has 0 bridgehead atoms. The molecule has 1 atom stereocenters. The predicted octanol–water partition coefficient (Wildman–Crippen LogP) is 1.57. The van der Waals surface area contributed by atoms with Gasteiger partial charge in [-0.1, -0.05) is 6.07 Å². The summed E-state index contributed by atoms with van der Waals surface area (Å²) in [6.45, 7) is 0.743. The number of fused-ring (bicyclic) bond motifs is 1. The second-order valence-electron chi connectivity index (χ2n) is 4.19. The zero-order valence-electron chi connectivity index (χ0n) is 8.89. The van der Waals surface area contributed by atoms with E-state index >= 15 is 0 Å². The molecule has 0 amide bonds. The standard InChI is InChI=1S/C12H16FNO/c1-14-7-6-12(15)5-4-9-2-3-10(13)8-11(9)12/h2-3,8,14-15H,4-7H2,1H3. The number of hydrogen-bond donors (Lipinski definition) is 2. The lowest BCUT2D eigenvalue weighted by Crippen LogP contribution is -2.27. The third-order valence-electron chi connectivity index (χ3n) is 3.17. The Bertz CT molecular complexity index is 367. The van der Waals surface area contributed by atoms with Crippen LogP contribution in [0.15, 0.2) is 18.2 Å². The minimum absolute atomic E-state index is 0.265. The molecular weight excluding hydrogens is 193 g/mol. The Labute approximate surface area is 89.1 Å². The summed E-state index contributed by atoms with van der Waals surface area (Å²) < 4.78 is 13.1. The number of aliphatic hydroxyl groups is 1. The van der Waals surface area contributed by atoms with Crippen LogP contribution < -0.4 is 5.32 Å². The van der Waals surface area contributed by atoms with Gasteiger partial charge in [-0.3, -0.25) is 0 Å². The van der Waals surface area contributed by atoms with Crippen LogP contribution in [0.1, 0.15) is 24.0 Å². The summed E-state index contributed by atoms with van der Waals surface area (Å²) in [5, 5.41) is 13.4. The van der Waals surface area contributed by atoms with E-state index in [0.29, 0.717) is 12.8 Å². The smallest absolute Gasteiger partial charge is 0.123 e. The van der Waals surface area contributed by atoms with Gasteiger partial charge in [0.25, 0.3) is 0 Å². The highest BCUT2D eigenvalue weighted by atomic mass is 19.1. The van der Waals surface area contributed by atoms with Crippen LogP contribution in [0.2, 0.25) is 0 Å².